The van der Waals surface area contributed by atoms with Crippen molar-refractivity contribution in [2.45, 2.75) is 10.6 Å². The molecule has 5 nitrogen and oxygen atoms in total. The Morgan fingerprint density at radius 2 is 1.83 bits per heavy atom. The van der Waals surface area contributed by atoms with E-state index in [1.165, 1.54) is 22.8 Å². The number of aromatic nitrogens is 1. The number of fused-ring (bicyclic) bond motifs is 1. The summed E-state index contributed by atoms with van der Waals surface area (Å²) in [7, 11) is -2.06. The molecular formula is C15H11Cl2NO4S. The van der Waals surface area contributed by atoms with E-state index in [4.69, 9.17) is 27.6 Å². The number of halogens is 2. The zero-order chi connectivity index (χ0) is 16.8. The van der Waals surface area contributed by atoms with Gasteiger partial charge in [0.2, 0.25) is 0 Å². The average molecular weight is 372 g/mol. The first-order valence-electron chi connectivity index (χ1n) is 6.54. The van der Waals surface area contributed by atoms with Crippen LogP contribution in [-0.4, -0.2) is 13.0 Å². The summed E-state index contributed by atoms with van der Waals surface area (Å²) in [5, 5.41) is 0.657. The zero-order valence-electron chi connectivity index (χ0n) is 11.9. The molecule has 0 N–H and O–H groups in total. The number of rotatable bonds is 3. The Balaban J connectivity index is 2.01. The van der Waals surface area contributed by atoms with Gasteiger partial charge in [0.05, 0.1) is 26.2 Å². The molecule has 0 saturated heterocycles. The van der Waals surface area contributed by atoms with Crippen LogP contribution >= 0.6 is 23.2 Å². The summed E-state index contributed by atoms with van der Waals surface area (Å²) >= 11 is 11.7. The van der Waals surface area contributed by atoms with Crippen molar-refractivity contribution in [1.29, 1.82) is 0 Å². The number of aryl methyl sites for hydroxylation is 1. The number of hydrogen-bond acceptors (Lipinski definition) is 4. The fourth-order valence-electron chi connectivity index (χ4n) is 2.24. The molecule has 3 aromatic rings. The van der Waals surface area contributed by atoms with Gasteiger partial charge in [-0.15, -0.1) is 0 Å². The molecule has 8 heteroatoms. The molecule has 0 aliphatic heterocycles. The van der Waals surface area contributed by atoms with Gasteiger partial charge in [0.25, 0.3) is 0 Å². The Kier molecular flexibility index (Phi) is 4.00. The van der Waals surface area contributed by atoms with E-state index < -0.39 is 15.6 Å². The molecule has 0 aliphatic carbocycles. The molecule has 0 saturated carbocycles. The van der Waals surface area contributed by atoms with E-state index in [1.807, 2.05) is 0 Å². The Bertz CT molecular complexity index is 1070. The van der Waals surface area contributed by atoms with Crippen LogP contribution in [0.4, 0.5) is 0 Å². The molecule has 0 aliphatic rings. The number of nitrogens with zero attached hydrogens (tertiary/aromatic N) is 1. The fraction of sp³-hybridized carbons (Fsp3) is 0.133. The maximum Gasteiger partial charge on any atom is 0.419 e. The molecule has 2 aromatic carbocycles. The Morgan fingerprint density at radius 3 is 2.52 bits per heavy atom. The monoisotopic (exact) mass is 371 g/mol. The highest BCUT2D eigenvalue weighted by atomic mass is 35.5. The molecule has 120 valence electrons. The van der Waals surface area contributed by atoms with Crippen molar-refractivity contribution in [1.82, 2.24) is 4.57 Å². The van der Waals surface area contributed by atoms with E-state index in [2.05, 4.69) is 0 Å². The molecule has 0 bridgehead atoms. The summed E-state index contributed by atoms with van der Waals surface area (Å²) in [5.41, 5.74) is 1.28. The SMILES string of the molecule is Cn1c(=O)oc2cc(S(=O)(=O)Cc3ccc(Cl)c(Cl)c3)ccc21. The first kappa shape index (κ1) is 16.1. The first-order valence-corrected chi connectivity index (χ1v) is 8.95. The maximum atomic E-state index is 12.5. The van der Waals surface area contributed by atoms with Gasteiger partial charge in [-0.25, -0.2) is 13.2 Å². The molecule has 3 rings (SSSR count). The van der Waals surface area contributed by atoms with Crippen LogP contribution in [0.3, 0.4) is 0 Å². The van der Waals surface area contributed by atoms with Crippen LogP contribution in [0.1, 0.15) is 5.56 Å². The quantitative estimate of drug-likeness (QED) is 0.707. The summed E-state index contributed by atoms with van der Waals surface area (Å²) < 4.78 is 31.4. The normalized spacial score (nSPS) is 12.0. The first-order chi connectivity index (χ1) is 10.8. The van der Waals surface area contributed by atoms with Crippen molar-refractivity contribution in [2.24, 2.45) is 7.05 Å². The summed E-state index contributed by atoms with van der Waals surface area (Å²) in [4.78, 5) is 11.6. The van der Waals surface area contributed by atoms with E-state index in [0.29, 0.717) is 21.1 Å². The number of benzene rings is 2. The van der Waals surface area contributed by atoms with Crippen molar-refractivity contribution in [3.05, 3.63) is 62.6 Å². The lowest BCUT2D eigenvalue weighted by Crippen LogP contribution is -2.08. The van der Waals surface area contributed by atoms with E-state index in [9.17, 15) is 13.2 Å². The van der Waals surface area contributed by atoms with Crippen molar-refractivity contribution < 1.29 is 12.8 Å². The third kappa shape index (κ3) is 3.02. The van der Waals surface area contributed by atoms with Gasteiger partial charge in [-0.05, 0) is 29.8 Å². The molecule has 1 aromatic heterocycles. The second-order valence-electron chi connectivity index (χ2n) is 5.06. The van der Waals surface area contributed by atoms with Crippen LogP contribution in [0.15, 0.2) is 50.5 Å². The highest BCUT2D eigenvalue weighted by molar-refractivity contribution is 7.90. The van der Waals surface area contributed by atoms with E-state index in [-0.39, 0.29) is 16.2 Å². The Labute approximate surface area is 142 Å². The largest absolute Gasteiger partial charge is 0.419 e. The lowest BCUT2D eigenvalue weighted by atomic mass is 10.2. The fourth-order valence-corrected chi connectivity index (χ4v) is 3.91. The minimum absolute atomic E-state index is 0.0745. The summed E-state index contributed by atoms with van der Waals surface area (Å²) in [6, 6.07) is 9.01. The number of oxazole rings is 1. The van der Waals surface area contributed by atoms with Crippen LogP contribution in [0.5, 0.6) is 0 Å². The number of hydrogen-bond donors (Lipinski definition) is 0. The zero-order valence-corrected chi connectivity index (χ0v) is 14.2. The summed E-state index contributed by atoms with van der Waals surface area (Å²) in [6.07, 6.45) is 0. The Hall–Kier alpha value is -1.76. The molecule has 0 amide bonds. The highest BCUT2D eigenvalue weighted by Gasteiger charge is 2.18. The van der Waals surface area contributed by atoms with Gasteiger partial charge in [0.1, 0.15) is 0 Å². The van der Waals surface area contributed by atoms with Gasteiger partial charge in [-0.2, -0.15) is 0 Å². The lowest BCUT2D eigenvalue weighted by Gasteiger charge is -2.06. The standard InChI is InChI=1S/C15H11Cl2NO4S/c1-18-13-5-3-10(7-14(13)22-15(18)19)23(20,21)8-9-2-4-11(16)12(17)6-9/h2-7H,8H2,1H3. The van der Waals surface area contributed by atoms with Gasteiger partial charge < -0.3 is 4.42 Å². The minimum atomic E-state index is -3.61. The van der Waals surface area contributed by atoms with Gasteiger partial charge in [0, 0.05) is 13.1 Å². The highest BCUT2D eigenvalue weighted by Crippen LogP contribution is 2.26. The molecule has 0 unspecified atom stereocenters. The average Bonchev–Trinajstić information content (AvgIpc) is 2.77. The third-order valence-corrected chi connectivity index (χ3v) is 5.89. The lowest BCUT2D eigenvalue weighted by molar-refractivity contribution is 0.527. The van der Waals surface area contributed by atoms with Crippen LogP contribution in [0.2, 0.25) is 10.0 Å². The van der Waals surface area contributed by atoms with Crippen molar-refractivity contribution in [2.75, 3.05) is 0 Å². The Morgan fingerprint density at radius 1 is 1.09 bits per heavy atom. The molecule has 0 spiro atoms. The van der Waals surface area contributed by atoms with E-state index in [1.54, 1.807) is 25.2 Å². The van der Waals surface area contributed by atoms with Crippen LogP contribution in [-0.2, 0) is 22.6 Å². The molecule has 0 fully saturated rings. The van der Waals surface area contributed by atoms with Crippen molar-refractivity contribution >= 4 is 44.1 Å². The topological polar surface area (TPSA) is 69.3 Å². The predicted octanol–water partition coefficient (Wildman–Crippen LogP) is 3.41. The van der Waals surface area contributed by atoms with Crippen molar-refractivity contribution in [3.8, 4) is 0 Å². The number of sulfone groups is 1. The predicted molar refractivity (Wildman–Crippen MR) is 88.8 cm³/mol. The van der Waals surface area contributed by atoms with Crippen molar-refractivity contribution in [3.63, 3.8) is 0 Å². The molecule has 23 heavy (non-hydrogen) atoms. The second kappa shape index (κ2) is 5.70. The van der Waals surface area contributed by atoms with Crippen LogP contribution in [0.25, 0.3) is 11.1 Å². The van der Waals surface area contributed by atoms with Gasteiger partial charge >= 0.3 is 5.76 Å². The second-order valence-corrected chi connectivity index (χ2v) is 7.87. The molecule has 0 radical (unpaired) electrons. The maximum absolute atomic E-state index is 12.5. The smallest absolute Gasteiger partial charge is 0.408 e. The summed E-state index contributed by atoms with van der Waals surface area (Å²) in [5.74, 6) is -0.772. The molecule has 0 atom stereocenters. The minimum Gasteiger partial charge on any atom is -0.408 e. The van der Waals surface area contributed by atoms with E-state index >= 15 is 0 Å². The summed E-state index contributed by atoms with van der Waals surface area (Å²) in [6.45, 7) is 0. The third-order valence-electron chi connectivity index (χ3n) is 3.46. The molecule has 1 heterocycles. The van der Waals surface area contributed by atoms with Gasteiger partial charge in [-0.1, -0.05) is 29.3 Å². The molecular weight excluding hydrogens is 361 g/mol. The van der Waals surface area contributed by atoms with Gasteiger partial charge in [0.15, 0.2) is 15.4 Å². The van der Waals surface area contributed by atoms with Gasteiger partial charge in [-0.3, -0.25) is 4.57 Å². The van der Waals surface area contributed by atoms with Crippen LogP contribution < -0.4 is 5.76 Å². The van der Waals surface area contributed by atoms with Crippen LogP contribution in [0, 0.1) is 0 Å². The van der Waals surface area contributed by atoms with E-state index in [0.717, 1.165) is 0 Å².